The summed E-state index contributed by atoms with van der Waals surface area (Å²) in [5.74, 6) is -1.14. The zero-order valence-electron chi connectivity index (χ0n) is 13.2. The maximum absolute atomic E-state index is 13.1. The Morgan fingerprint density at radius 1 is 1.38 bits per heavy atom. The van der Waals surface area contributed by atoms with Crippen LogP contribution in [0.5, 0.6) is 0 Å². The molecule has 0 aliphatic carbocycles. The predicted octanol–water partition coefficient (Wildman–Crippen LogP) is 2.19. The first kappa shape index (κ1) is 18.3. The molecule has 5 nitrogen and oxygen atoms in total. The van der Waals surface area contributed by atoms with Crippen LogP contribution in [-0.4, -0.2) is 36.6 Å². The van der Waals surface area contributed by atoms with Crippen molar-refractivity contribution in [3.63, 3.8) is 0 Å². The fourth-order valence-electron chi connectivity index (χ4n) is 2.42. The van der Waals surface area contributed by atoms with Gasteiger partial charge in [-0.2, -0.15) is 13.2 Å². The van der Waals surface area contributed by atoms with Gasteiger partial charge >= 0.3 is 6.18 Å². The molecule has 8 heteroatoms. The number of halogens is 3. The van der Waals surface area contributed by atoms with Gasteiger partial charge in [0.2, 0.25) is 5.91 Å². The number of alkyl halides is 3. The van der Waals surface area contributed by atoms with Crippen LogP contribution in [0.3, 0.4) is 0 Å². The fourth-order valence-corrected chi connectivity index (χ4v) is 2.42. The van der Waals surface area contributed by atoms with Crippen LogP contribution in [0.2, 0.25) is 0 Å². The van der Waals surface area contributed by atoms with E-state index in [0.717, 1.165) is 12.1 Å². The number of hydrogen-bond acceptors (Lipinski definition) is 3. The van der Waals surface area contributed by atoms with E-state index in [9.17, 15) is 22.8 Å². The molecule has 132 valence electrons. The molecule has 2 rings (SSSR count). The lowest BCUT2D eigenvalue weighted by atomic mass is 10.1. The number of rotatable bonds is 5. The summed E-state index contributed by atoms with van der Waals surface area (Å²) in [7, 11) is 0. The van der Waals surface area contributed by atoms with Gasteiger partial charge < -0.3 is 15.3 Å². The first-order valence-corrected chi connectivity index (χ1v) is 7.64. The Kier molecular flexibility index (Phi) is 5.48. The van der Waals surface area contributed by atoms with Gasteiger partial charge in [-0.25, -0.2) is 0 Å². The van der Waals surface area contributed by atoms with Gasteiger partial charge in [0.25, 0.3) is 5.91 Å². The number of anilines is 1. The van der Waals surface area contributed by atoms with E-state index in [-0.39, 0.29) is 42.6 Å². The van der Waals surface area contributed by atoms with Gasteiger partial charge in [-0.1, -0.05) is 6.92 Å². The Bertz CT molecular complexity index is 631. The van der Waals surface area contributed by atoms with Crippen LogP contribution in [-0.2, 0) is 11.0 Å². The number of nitrogens with zero attached hydrogens (tertiary/aromatic N) is 1. The Hall–Kier alpha value is -2.09. The third-order valence-electron chi connectivity index (χ3n) is 3.82. The highest BCUT2D eigenvalue weighted by atomic mass is 19.4. The number of benzene rings is 1. The van der Waals surface area contributed by atoms with Crippen LogP contribution < -0.4 is 10.2 Å². The largest absolute Gasteiger partial charge is 0.416 e. The third kappa shape index (κ3) is 4.25. The molecule has 1 atom stereocenters. The van der Waals surface area contributed by atoms with Crippen LogP contribution >= 0.6 is 0 Å². The second-order valence-corrected chi connectivity index (χ2v) is 5.91. The van der Waals surface area contributed by atoms with Crippen molar-refractivity contribution in [3.8, 4) is 0 Å². The SMILES string of the molecule is CC(CO)CNC(=O)c1cc(N2CCCC2=O)cc(C(F)(F)F)c1. The van der Waals surface area contributed by atoms with Gasteiger partial charge in [-0.15, -0.1) is 0 Å². The van der Waals surface area contributed by atoms with Crippen molar-refractivity contribution < 1.29 is 27.9 Å². The van der Waals surface area contributed by atoms with E-state index in [2.05, 4.69) is 5.32 Å². The fraction of sp³-hybridized carbons (Fsp3) is 0.500. The van der Waals surface area contributed by atoms with E-state index in [4.69, 9.17) is 5.11 Å². The average molecular weight is 344 g/mol. The minimum atomic E-state index is -4.62. The Morgan fingerprint density at radius 2 is 2.08 bits per heavy atom. The monoisotopic (exact) mass is 344 g/mol. The molecule has 1 fully saturated rings. The van der Waals surface area contributed by atoms with Crippen LogP contribution in [0.15, 0.2) is 18.2 Å². The molecule has 1 heterocycles. The summed E-state index contributed by atoms with van der Waals surface area (Å²) in [6.07, 6.45) is -3.76. The zero-order valence-corrected chi connectivity index (χ0v) is 13.2. The lowest BCUT2D eigenvalue weighted by Gasteiger charge is -2.19. The van der Waals surface area contributed by atoms with Gasteiger partial charge in [0.05, 0.1) is 5.56 Å². The molecule has 0 bridgehead atoms. The van der Waals surface area contributed by atoms with Gasteiger partial charge in [0, 0.05) is 37.4 Å². The third-order valence-corrected chi connectivity index (χ3v) is 3.82. The summed E-state index contributed by atoms with van der Waals surface area (Å²) in [5.41, 5.74) is -1.06. The van der Waals surface area contributed by atoms with E-state index in [0.29, 0.717) is 13.0 Å². The van der Waals surface area contributed by atoms with Crippen molar-refractivity contribution >= 4 is 17.5 Å². The molecule has 1 aromatic carbocycles. The normalized spacial score (nSPS) is 16.4. The van der Waals surface area contributed by atoms with Crippen LogP contribution in [0.1, 0.15) is 35.7 Å². The molecule has 2 amide bonds. The topological polar surface area (TPSA) is 69.6 Å². The lowest BCUT2D eigenvalue weighted by Crippen LogP contribution is -2.30. The highest BCUT2D eigenvalue weighted by Crippen LogP contribution is 2.34. The van der Waals surface area contributed by atoms with E-state index in [1.807, 2.05) is 0 Å². The predicted molar refractivity (Wildman–Crippen MR) is 81.6 cm³/mol. The molecule has 2 N–H and O–H groups in total. The Balaban J connectivity index is 2.32. The van der Waals surface area contributed by atoms with Crippen LogP contribution in [0, 0.1) is 5.92 Å². The Labute approximate surface area is 137 Å². The van der Waals surface area contributed by atoms with Crippen molar-refractivity contribution in [2.75, 3.05) is 24.6 Å². The van der Waals surface area contributed by atoms with Gasteiger partial charge in [-0.05, 0) is 30.5 Å². The first-order valence-electron chi connectivity index (χ1n) is 7.64. The minimum absolute atomic E-state index is 0.0766. The van der Waals surface area contributed by atoms with Crippen molar-refractivity contribution in [2.45, 2.75) is 25.9 Å². The van der Waals surface area contributed by atoms with Crippen molar-refractivity contribution in [1.82, 2.24) is 5.32 Å². The second kappa shape index (κ2) is 7.21. The number of hydrogen-bond donors (Lipinski definition) is 2. The molecule has 24 heavy (non-hydrogen) atoms. The quantitative estimate of drug-likeness (QED) is 0.860. The summed E-state index contributed by atoms with van der Waals surface area (Å²) in [6.45, 7) is 2.03. The summed E-state index contributed by atoms with van der Waals surface area (Å²) >= 11 is 0. The summed E-state index contributed by atoms with van der Waals surface area (Å²) in [5, 5.41) is 11.4. The second-order valence-electron chi connectivity index (χ2n) is 5.91. The maximum atomic E-state index is 13.1. The Morgan fingerprint density at radius 3 is 2.62 bits per heavy atom. The van der Waals surface area contributed by atoms with Gasteiger partial charge in [-0.3, -0.25) is 9.59 Å². The average Bonchev–Trinajstić information content (AvgIpc) is 2.97. The van der Waals surface area contributed by atoms with Crippen LogP contribution in [0.4, 0.5) is 18.9 Å². The molecule has 0 saturated carbocycles. The molecule has 0 spiro atoms. The van der Waals surface area contributed by atoms with E-state index < -0.39 is 17.6 Å². The number of aliphatic hydroxyl groups is 1. The molecule has 0 aromatic heterocycles. The number of nitrogens with one attached hydrogen (secondary N) is 1. The number of amides is 2. The van der Waals surface area contributed by atoms with Gasteiger partial charge in [0.1, 0.15) is 0 Å². The highest BCUT2D eigenvalue weighted by molar-refractivity contribution is 5.99. The summed E-state index contributed by atoms with van der Waals surface area (Å²) < 4.78 is 39.3. The molecule has 1 aliphatic heterocycles. The molecular weight excluding hydrogens is 325 g/mol. The van der Waals surface area contributed by atoms with Gasteiger partial charge in [0.15, 0.2) is 0 Å². The molecule has 0 radical (unpaired) electrons. The van der Waals surface area contributed by atoms with E-state index in [1.54, 1.807) is 6.92 Å². The number of aliphatic hydroxyl groups excluding tert-OH is 1. The lowest BCUT2D eigenvalue weighted by molar-refractivity contribution is -0.137. The van der Waals surface area contributed by atoms with E-state index in [1.165, 1.54) is 11.0 Å². The minimum Gasteiger partial charge on any atom is -0.396 e. The number of carbonyl (C=O) groups is 2. The highest BCUT2D eigenvalue weighted by Gasteiger charge is 2.33. The standard InChI is InChI=1S/C16H19F3N2O3/c1-10(9-22)8-20-15(24)11-5-12(16(17,18)19)7-13(6-11)21-4-2-3-14(21)23/h5-7,10,22H,2-4,8-9H2,1H3,(H,20,24). The van der Waals surface area contributed by atoms with Crippen molar-refractivity contribution in [2.24, 2.45) is 5.92 Å². The maximum Gasteiger partial charge on any atom is 0.416 e. The zero-order chi connectivity index (χ0) is 17.9. The molecule has 1 aliphatic rings. The van der Waals surface area contributed by atoms with Crippen LogP contribution in [0.25, 0.3) is 0 Å². The van der Waals surface area contributed by atoms with Crippen molar-refractivity contribution in [3.05, 3.63) is 29.3 Å². The number of carbonyl (C=O) groups excluding carboxylic acids is 2. The summed E-state index contributed by atoms with van der Waals surface area (Å²) in [6, 6.07) is 2.94. The molecule has 1 saturated heterocycles. The van der Waals surface area contributed by atoms with E-state index >= 15 is 0 Å². The molecular formula is C16H19F3N2O3. The smallest absolute Gasteiger partial charge is 0.396 e. The molecule has 1 unspecified atom stereocenters. The first-order chi connectivity index (χ1) is 11.2. The summed E-state index contributed by atoms with van der Waals surface area (Å²) in [4.78, 5) is 25.2. The molecule has 1 aromatic rings. The van der Waals surface area contributed by atoms with Crippen molar-refractivity contribution in [1.29, 1.82) is 0 Å².